The Bertz CT molecular complexity index is 706. The molecule has 6 N–H and O–H groups in total. The first kappa shape index (κ1) is 37.3. The number of hydrogen-bond donors (Lipinski definition) is 6. The van der Waals surface area contributed by atoms with Gasteiger partial charge in [-0.2, -0.15) is 4.89 Å². The summed E-state index contributed by atoms with van der Waals surface area (Å²) in [5.74, 6) is -1.69. The van der Waals surface area contributed by atoms with Gasteiger partial charge < -0.3 is 49.7 Å². The fourth-order valence-electron chi connectivity index (χ4n) is 5.47. The van der Waals surface area contributed by atoms with Crippen molar-refractivity contribution >= 4 is 0 Å². The summed E-state index contributed by atoms with van der Waals surface area (Å²) in [6.45, 7) is 5.10. The minimum absolute atomic E-state index is 0.158. The molecule has 0 saturated carbocycles. The topological polar surface area (TPSA) is 168 Å². The molecule has 42 heavy (non-hydrogen) atoms. The first-order valence-electron chi connectivity index (χ1n) is 16.1. The fraction of sp³-hybridized carbons (Fsp3) is 0.935. The number of unbranched alkanes of at least 4 members (excludes halogenated alkanes) is 13. The molecular formula is C31H58O11. The second-order valence-electron chi connectivity index (χ2n) is 12.0. The molecule has 0 aromatic carbocycles. The van der Waals surface area contributed by atoms with E-state index in [1.54, 1.807) is 0 Å². The lowest BCUT2D eigenvalue weighted by Gasteiger charge is -2.40. The predicted molar refractivity (Wildman–Crippen MR) is 156 cm³/mol. The smallest absolute Gasteiger partial charge is 0.194 e. The van der Waals surface area contributed by atoms with Crippen molar-refractivity contribution in [3.8, 4) is 0 Å². The molecule has 2 aliphatic rings. The highest BCUT2D eigenvalue weighted by Gasteiger charge is 2.47. The van der Waals surface area contributed by atoms with Gasteiger partial charge in [0.25, 0.3) is 0 Å². The standard InChI is InChI=1S/C31H58O11/c1-3-4-5-6-7-8-9-10-11-12-13-14-15-16-17-23(2)42-39-21-26-29(34)30(35)28(33)25(41-26)20-38-22-27-31(36,37)18-24(19-32)40-27/h24-30,32-37H,2-22H2,1H3. The highest BCUT2D eigenvalue weighted by molar-refractivity contribution is 4.93. The highest BCUT2D eigenvalue weighted by Crippen LogP contribution is 2.29. The minimum atomic E-state index is -2.15. The van der Waals surface area contributed by atoms with Gasteiger partial charge >= 0.3 is 0 Å². The van der Waals surface area contributed by atoms with Crippen molar-refractivity contribution in [1.82, 2.24) is 0 Å². The average molecular weight is 607 g/mol. The van der Waals surface area contributed by atoms with E-state index in [1.165, 1.54) is 77.0 Å². The molecular weight excluding hydrogens is 548 g/mol. The van der Waals surface area contributed by atoms with Crippen molar-refractivity contribution in [1.29, 1.82) is 0 Å². The molecule has 7 unspecified atom stereocenters. The number of ether oxygens (including phenoxy) is 3. The van der Waals surface area contributed by atoms with Crippen LogP contribution in [-0.2, 0) is 24.0 Å². The van der Waals surface area contributed by atoms with Gasteiger partial charge in [-0.25, -0.2) is 0 Å². The van der Waals surface area contributed by atoms with E-state index in [9.17, 15) is 30.6 Å². The third kappa shape index (κ3) is 13.8. The van der Waals surface area contributed by atoms with Crippen molar-refractivity contribution in [2.45, 2.75) is 158 Å². The molecule has 0 bridgehead atoms. The molecule has 11 heteroatoms. The van der Waals surface area contributed by atoms with Gasteiger partial charge in [-0.15, -0.1) is 0 Å². The van der Waals surface area contributed by atoms with E-state index in [4.69, 9.17) is 24.0 Å². The molecule has 2 rings (SSSR count). The summed E-state index contributed by atoms with van der Waals surface area (Å²) in [6, 6.07) is 0. The van der Waals surface area contributed by atoms with E-state index in [-0.39, 0.29) is 32.8 Å². The Labute approximate surface area is 251 Å². The third-order valence-corrected chi connectivity index (χ3v) is 8.18. The Morgan fingerprint density at radius 3 is 1.79 bits per heavy atom. The molecule has 0 aliphatic carbocycles. The number of hydrogen-bond acceptors (Lipinski definition) is 11. The van der Waals surface area contributed by atoms with Crippen LogP contribution in [0.1, 0.15) is 110 Å². The van der Waals surface area contributed by atoms with Gasteiger partial charge in [0, 0.05) is 12.8 Å². The van der Waals surface area contributed by atoms with E-state index in [0.717, 1.165) is 12.8 Å². The van der Waals surface area contributed by atoms with Crippen molar-refractivity contribution < 1.29 is 54.6 Å². The largest absolute Gasteiger partial charge is 0.394 e. The number of aliphatic hydroxyl groups excluding tert-OH is 4. The maximum atomic E-state index is 10.3. The van der Waals surface area contributed by atoms with Crippen LogP contribution in [-0.4, -0.2) is 106 Å². The van der Waals surface area contributed by atoms with Crippen molar-refractivity contribution in [2.24, 2.45) is 0 Å². The quantitative estimate of drug-likeness (QED) is 0.0314. The van der Waals surface area contributed by atoms with Gasteiger partial charge in [0.15, 0.2) is 5.79 Å². The fourth-order valence-corrected chi connectivity index (χ4v) is 5.47. The van der Waals surface area contributed by atoms with Gasteiger partial charge in [-0.05, 0) is 6.42 Å². The normalized spacial score (nSPS) is 29.2. The van der Waals surface area contributed by atoms with Crippen molar-refractivity contribution in [2.75, 3.05) is 26.4 Å². The molecule has 2 fully saturated rings. The molecule has 0 spiro atoms. The average Bonchev–Trinajstić information content (AvgIpc) is 3.27. The van der Waals surface area contributed by atoms with Gasteiger partial charge in [0.2, 0.25) is 0 Å². The van der Waals surface area contributed by atoms with Crippen LogP contribution in [0.3, 0.4) is 0 Å². The molecule has 248 valence electrons. The lowest BCUT2D eigenvalue weighted by molar-refractivity contribution is -0.310. The van der Waals surface area contributed by atoms with Crippen molar-refractivity contribution in [3.63, 3.8) is 0 Å². The van der Waals surface area contributed by atoms with Crippen LogP contribution in [0.25, 0.3) is 0 Å². The highest BCUT2D eigenvalue weighted by atomic mass is 17.2. The van der Waals surface area contributed by atoms with Gasteiger partial charge in [-0.1, -0.05) is 97.0 Å². The second-order valence-corrected chi connectivity index (χ2v) is 12.0. The molecule has 7 atom stereocenters. The zero-order valence-corrected chi connectivity index (χ0v) is 25.6. The third-order valence-electron chi connectivity index (χ3n) is 8.18. The van der Waals surface area contributed by atoms with Crippen LogP contribution in [0.5, 0.6) is 0 Å². The van der Waals surface area contributed by atoms with Crippen LogP contribution in [0, 0.1) is 0 Å². The van der Waals surface area contributed by atoms with E-state index < -0.39 is 48.5 Å². The Morgan fingerprint density at radius 1 is 0.738 bits per heavy atom. The zero-order valence-electron chi connectivity index (χ0n) is 25.6. The maximum absolute atomic E-state index is 10.3. The molecule has 2 aliphatic heterocycles. The SMILES string of the molecule is C=C(CCCCCCCCCCCCCCCC)OOCC1OC(COCC2OC(CO)CC2(O)O)C(O)C(O)C1O. The van der Waals surface area contributed by atoms with Crippen LogP contribution < -0.4 is 0 Å². The number of rotatable bonds is 24. The van der Waals surface area contributed by atoms with E-state index in [0.29, 0.717) is 12.2 Å². The number of aliphatic hydroxyl groups is 6. The molecule has 11 nitrogen and oxygen atoms in total. The van der Waals surface area contributed by atoms with E-state index in [1.807, 2.05) is 0 Å². The first-order valence-corrected chi connectivity index (χ1v) is 16.1. The van der Waals surface area contributed by atoms with Gasteiger partial charge in [0.1, 0.15) is 49.0 Å². The summed E-state index contributed by atoms with van der Waals surface area (Å²) in [7, 11) is 0. The second kappa shape index (κ2) is 21.0. The Hall–Kier alpha value is -0.860. The lowest BCUT2D eigenvalue weighted by atomic mass is 9.95. The lowest BCUT2D eigenvalue weighted by Crippen LogP contribution is -2.59. The van der Waals surface area contributed by atoms with Gasteiger partial charge in [0.05, 0.1) is 25.9 Å². The summed E-state index contributed by atoms with van der Waals surface area (Å²) in [6.07, 6.45) is 10.3. The van der Waals surface area contributed by atoms with Crippen LogP contribution in [0.15, 0.2) is 12.3 Å². The summed E-state index contributed by atoms with van der Waals surface area (Å²) in [5.41, 5.74) is 0. The minimum Gasteiger partial charge on any atom is -0.394 e. The summed E-state index contributed by atoms with van der Waals surface area (Å²) in [5, 5.41) is 60.1. The van der Waals surface area contributed by atoms with Crippen LogP contribution in [0.4, 0.5) is 0 Å². The van der Waals surface area contributed by atoms with E-state index in [2.05, 4.69) is 13.5 Å². The van der Waals surface area contributed by atoms with Crippen LogP contribution >= 0.6 is 0 Å². The molecule has 0 aromatic heterocycles. The maximum Gasteiger partial charge on any atom is 0.194 e. The van der Waals surface area contributed by atoms with Crippen LogP contribution in [0.2, 0.25) is 0 Å². The Morgan fingerprint density at radius 2 is 1.26 bits per heavy atom. The summed E-state index contributed by atoms with van der Waals surface area (Å²) < 4.78 is 16.5. The Balaban J connectivity index is 1.52. The van der Waals surface area contributed by atoms with Gasteiger partial charge in [-0.3, -0.25) is 0 Å². The molecule has 2 saturated heterocycles. The molecule has 0 amide bonds. The molecule has 2 heterocycles. The van der Waals surface area contributed by atoms with Crippen molar-refractivity contribution in [3.05, 3.63) is 12.3 Å². The summed E-state index contributed by atoms with van der Waals surface area (Å²) >= 11 is 0. The molecule has 0 radical (unpaired) electrons. The zero-order chi connectivity index (χ0) is 30.8. The summed E-state index contributed by atoms with van der Waals surface area (Å²) in [4.78, 5) is 10.5. The number of allylic oxidation sites excluding steroid dienone is 1. The van der Waals surface area contributed by atoms with E-state index >= 15 is 0 Å². The first-order chi connectivity index (χ1) is 20.2. The molecule has 0 aromatic rings. The predicted octanol–water partition coefficient (Wildman–Crippen LogP) is 3.02. The Kier molecular flexibility index (Phi) is 18.6. The monoisotopic (exact) mass is 606 g/mol.